The zero-order chi connectivity index (χ0) is 12.8. The second-order valence-electron chi connectivity index (χ2n) is 2.95. The first-order valence-electron chi connectivity index (χ1n) is 4.43. The van der Waals surface area contributed by atoms with Crippen LogP contribution < -0.4 is 10.4 Å². The van der Waals surface area contributed by atoms with Gasteiger partial charge in [-0.15, -0.1) is 0 Å². The van der Waals surface area contributed by atoms with E-state index in [-0.39, 0.29) is 11.4 Å². The van der Waals surface area contributed by atoms with Crippen molar-refractivity contribution in [2.24, 2.45) is 0 Å². The van der Waals surface area contributed by atoms with Gasteiger partial charge < -0.3 is 15.2 Å². The third-order valence-corrected chi connectivity index (χ3v) is 1.70. The van der Waals surface area contributed by atoms with Crippen LogP contribution in [-0.2, 0) is 9.59 Å². The molecule has 0 aliphatic heterocycles. The first kappa shape index (κ1) is 12.4. The summed E-state index contributed by atoms with van der Waals surface area (Å²) in [5.41, 5.74) is 0.0267. The summed E-state index contributed by atoms with van der Waals surface area (Å²) >= 11 is 0. The number of carboxylic acids is 1. The predicted octanol–water partition coefficient (Wildman–Crippen LogP) is -0.161. The number of rotatable bonds is 4. The molecular formula is C10H7N2O5-. The number of nitro benzene ring substituents is 1. The quantitative estimate of drug-likeness (QED) is 0.442. The number of benzene rings is 1. The van der Waals surface area contributed by atoms with Gasteiger partial charge in [0.25, 0.3) is 5.69 Å². The smallest absolute Gasteiger partial charge is 0.271 e. The van der Waals surface area contributed by atoms with Gasteiger partial charge in [-0.2, -0.15) is 0 Å². The largest absolute Gasteiger partial charge is 0.545 e. The molecule has 0 heterocycles. The number of carbonyl (C=O) groups is 2. The van der Waals surface area contributed by atoms with Crippen molar-refractivity contribution in [3.8, 4) is 0 Å². The van der Waals surface area contributed by atoms with Crippen molar-refractivity contribution in [2.45, 2.75) is 0 Å². The van der Waals surface area contributed by atoms with Gasteiger partial charge in [-0.3, -0.25) is 14.9 Å². The summed E-state index contributed by atoms with van der Waals surface area (Å²) in [6, 6.07) is 5.27. The monoisotopic (exact) mass is 235 g/mol. The highest BCUT2D eigenvalue weighted by Gasteiger charge is 2.06. The minimum Gasteiger partial charge on any atom is -0.545 e. The Morgan fingerprint density at radius 3 is 2.59 bits per heavy atom. The molecule has 1 rings (SSSR count). The highest BCUT2D eigenvalue weighted by atomic mass is 16.6. The van der Waals surface area contributed by atoms with Crippen LogP contribution in [-0.4, -0.2) is 16.8 Å². The second kappa shape index (κ2) is 5.40. The van der Waals surface area contributed by atoms with E-state index in [0.717, 1.165) is 12.1 Å². The number of aliphatic carboxylic acids is 1. The highest BCUT2D eigenvalue weighted by Crippen LogP contribution is 2.16. The lowest BCUT2D eigenvalue weighted by atomic mass is 10.3. The Hall–Kier alpha value is -2.70. The van der Waals surface area contributed by atoms with Gasteiger partial charge in [0.05, 0.1) is 10.9 Å². The molecule has 0 aromatic heterocycles. The van der Waals surface area contributed by atoms with Crippen molar-refractivity contribution < 1.29 is 19.6 Å². The van der Waals surface area contributed by atoms with E-state index in [1.165, 1.54) is 18.2 Å². The molecule has 1 aromatic carbocycles. The van der Waals surface area contributed by atoms with E-state index in [0.29, 0.717) is 6.08 Å². The number of hydrogen-bond acceptors (Lipinski definition) is 5. The number of amides is 1. The van der Waals surface area contributed by atoms with Gasteiger partial charge in [-0.25, -0.2) is 0 Å². The minimum absolute atomic E-state index is 0.174. The molecule has 0 atom stereocenters. The molecule has 0 spiro atoms. The Labute approximate surface area is 95.5 Å². The van der Waals surface area contributed by atoms with Crippen LogP contribution in [0.1, 0.15) is 0 Å². The molecule has 0 saturated carbocycles. The Morgan fingerprint density at radius 2 is 2.00 bits per heavy atom. The van der Waals surface area contributed by atoms with Crippen molar-refractivity contribution in [2.75, 3.05) is 5.32 Å². The van der Waals surface area contributed by atoms with E-state index < -0.39 is 16.8 Å². The van der Waals surface area contributed by atoms with E-state index in [1.807, 2.05) is 0 Å². The molecule has 0 saturated heterocycles. The number of anilines is 1. The third-order valence-electron chi connectivity index (χ3n) is 1.70. The van der Waals surface area contributed by atoms with Crippen LogP contribution in [0, 0.1) is 10.1 Å². The van der Waals surface area contributed by atoms with Crippen LogP contribution in [0.15, 0.2) is 36.4 Å². The SMILES string of the molecule is O=C([O-])C=CC(=O)Nc1cccc([N+](=O)[O-])c1. The van der Waals surface area contributed by atoms with Gasteiger partial charge in [-0.1, -0.05) is 6.07 Å². The van der Waals surface area contributed by atoms with Gasteiger partial charge in [-0.05, 0) is 12.1 Å². The number of nitrogens with zero attached hydrogens (tertiary/aromatic N) is 1. The summed E-state index contributed by atoms with van der Waals surface area (Å²) in [4.78, 5) is 31.0. The summed E-state index contributed by atoms with van der Waals surface area (Å²) in [5, 5.41) is 22.8. The maximum atomic E-state index is 11.1. The molecule has 88 valence electrons. The van der Waals surface area contributed by atoms with Crippen LogP contribution in [0.3, 0.4) is 0 Å². The van der Waals surface area contributed by atoms with Crippen molar-refractivity contribution in [1.82, 2.24) is 0 Å². The average molecular weight is 235 g/mol. The summed E-state index contributed by atoms with van der Waals surface area (Å²) in [6.07, 6.45) is 1.32. The van der Waals surface area contributed by atoms with Crippen molar-refractivity contribution in [1.29, 1.82) is 0 Å². The number of hydrogen-bond donors (Lipinski definition) is 1. The standard InChI is InChI=1S/C10H8N2O5/c13-9(4-5-10(14)15)11-7-2-1-3-8(6-7)12(16)17/h1-6H,(H,11,13)(H,14,15)/p-1. The Bertz CT molecular complexity index is 495. The summed E-state index contributed by atoms with van der Waals surface area (Å²) in [7, 11) is 0. The minimum atomic E-state index is -1.50. The van der Waals surface area contributed by atoms with Crippen molar-refractivity contribution in [3.63, 3.8) is 0 Å². The molecule has 0 aliphatic carbocycles. The maximum Gasteiger partial charge on any atom is 0.271 e. The molecule has 1 amide bonds. The molecule has 1 N–H and O–H groups in total. The molecule has 0 aliphatic rings. The Balaban J connectivity index is 2.75. The van der Waals surface area contributed by atoms with Gasteiger partial charge in [0.1, 0.15) is 0 Å². The highest BCUT2D eigenvalue weighted by molar-refractivity contribution is 6.02. The first-order chi connectivity index (χ1) is 7.99. The lowest BCUT2D eigenvalue weighted by molar-refractivity contribution is -0.384. The number of non-ortho nitro benzene ring substituents is 1. The first-order valence-corrected chi connectivity index (χ1v) is 4.43. The van der Waals surface area contributed by atoms with E-state index in [4.69, 9.17) is 0 Å². The van der Waals surface area contributed by atoms with Gasteiger partial charge in [0, 0.05) is 23.9 Å². The van der Waals surface area contributed by atoms with Crippen LogP contribution in [0.4, 0.5) is 11.4 Å². The molecule has 7 nitrogen and oxygen atoms in total. The van der Waals surface area contributed by atoms with E-state index in [2.05, 4.69) is 5.32 Å². The Kier molecular flexibility index (Phi) is 3.93. The van der Waals surface area contributed by atoms with E-state index in [1.54, 1.807) is 0 Å². The topological polar surface area (TPSA) is 112 Å². The molecule has 0 fully saturated rings. The number of nitrogens with one attached hydrogen (secondary N) is 1. The molecule has 0 unspecified atom stereocenters. The molecule has 7 heteroatoms. The normalized spacial score (nSPS) is 10.1. The van der Waals surface area contributed by atoms with E-state index >= 15 is 0 Å². The predicted molar refractivity (Wildman–Crippen MR) is 55.9 cm³/mol. The summed E-state index contributed by atoms with van der Waals surface area (Å²) < 4.78 is 0. The number of carbonyl (C=O) groups excluding carboxylic acids is 2. The molecule has 0 radical (unpaired) electrons. The fourth-order valence-electron chi connectivity index (χ4n) is 1.02. The van der Waals surface area contributed by atoms with Gasteiger partial charge >= 0.3 is 0 Å². The summed E-state index contributed by atoms with van der Waals surface area (Å²) in [5.74, 6) is -2.21. The van der Waals surface area contributed by atoms with Crippen LogP contribution in [0.5, 0.6) is 0 Å². The van der Waals surface area contributed by atoms with Gasteiger partial charge in [0.15, 0.2) is 0 Å². The van der Waals surface area contributed by atoms with Crippen molar-refractivity contribution >= 4 is 23.3 Å². The lowest BCUT2D eigenvalue weighted by Gasteiger charge is -2.01. The fraction of sp³-hybridized carbons (Fsp3) is 0. The zero-order valence-electron chi connectivity index (χ0n) is 8.45. The maximum absolute atomic E-state index is 11.1. The van der Waals surface area contributed by atoms with Crippen LogP contribution >= 0.6 is 0 Å². The van der Waals surface area contributed by atoms with Gasteiger partial charge in [0.2, 0.25) is 5.91 Å². The number of nitro groups is 1. The third kappa shape index (κ3) is 4.12. The molecular weight excluding hydrogens is 228 g/mol. The average Bonchev–Trinajstić information content (AvgIpc) is 2.26. The zero-order valence-corrected chi connectivity index (χ0v) is 8.45. The summed E-state index contributed by atoms with van der Waals surface area (Å²) in [6.45, 7) is 0. The van der Waals surface area contributed by atoms with Crippen LogP contribution in [0.25, 0.3) is 0 Å². The molecule has 0 bridgehead atoms. The van der Waals surface area contributed by atoms with Crippen LogP contribution in [0.2, 0.25) is 0 Å². The second-order valence-corrected chi connectivity index (χ2v) is 2.95. The van der Waals surface area contributed by atoms with E-state index in [9.17, 15) is 24.8 Å². The van der Waals surface area contributed by atoms with Crippen molar-refractivity contribution in [3.05, 3.63) is 46.5 Å². The molecule has 1 aromatic rings. The Morgan fingerprint density at radius 1 is 1.29 bits per heavy atom. The fourth-order valence-corrected chi connectivity index (χ4v) is 1.02. The lowest BCUT2D eigenvalue weighted by Crippen LogP contribution is -2.20. The molecule has 17 heavy (non-hydrogen) atoms. The number of carboxylic acid groups (broad SMARTS) is 1.